The average molecular weight is 576 g/mol. The fourth-order valence-electron chi connectivity index (χ4n) is 6.08. The lowest BCUT2D eigenvalue weighted by molar-refractivity contribution is -0.195. The summed E-state index contributed by atoms with van der Waals surface area (Å²) in [6.45, 7) is 4.36. The maximum Gasteiger partial charge on any atom is 0.398 e. The van der Waals surface area contributed by atoms with Crippen molar-refractivity contribution in [2.75, 3.05) is 38.1 Å². The minimum atomic E-state index is -4.58. The third-order valence-corrected chi connectivity index (χ3v) is 8.69. The van der Waals surface area contributed by atoms with Gasteiger partial charge in [0.25, 0.3) is 11.8 Å². The molecule has 2 aromatic heterocycles. The second-order valence-electron chi connectivity index (χ2n) is 11.4. The van der Waals surface area contributed by atoms with Gasteiger partial charge in [-0.2, -0.15) is 13.2 Å². The molecule has 0 radical (unpaired) electrons. The number of rotatable bonds is 3. The second-order valence-corrected chi connectivity index (χ2v) is 11.4. The number of fused-ring (bicyclic) bond motifs is 2. The zero-order valence-corrected chi connectivity index (χ0v) is 23.6. The number of nitrogens with zero attached hydrogens (tertiary/aromatic N) is 5. The van der Waals surface area contributed by atoms with E-state index in [0.717, 1.165) is 20.0 Å². The molecule has 0 saturated carbocycles. The summed E-state index contributed by atoms with van der Waals surface area (Å²) in [4.78, 5) is 37.6. The molecule has 1 fully saturated rings. The van der Waals surface area contributed by atoms with Gasteiger partial charge in [0.2, 0.25) is 0 Å². The predicted octanol–water partition coefficient (Wildman–Crippen LogP) is 5.15. The van der Waals surface area contributed by atoms with E-state index in [1.165, 1.54) is 17.1 Å². The Labute approximate surface area is 242 Å². The summed E-state index contributed by atoms with van der Waals surface area (Å²) in [5, 5.41) is 0. The van der Waals surface area contributed by atoms with Crippen LogP contribution in [-0.4, -0.2) is 70.6 Å². The van der Waals surface area contributed by atoms with E-state index in [0.29, 0.717) is 41.4 Å². The van der Waals surface area contributed by atoms with E-state index in [2.05, 4.69) is 9.88 Å². The molecule has 2 aliphatic heterocycles. The van der Waals surface area contributed by atoms with Crippen LogP contribution in [0.4, 0.5) is 18.9 Å². The van der Waals surface area contributed by atoms with Crippen LogP contribution < -0.4 is 4.90 Å². The quantitative estimate of drug-likeness (QED) is 0.434. The molecular weight excluding hydrogens is 543 g/mol. The number of hydrogen-bond acceptors (Lipinski definition) is 4. The number of pyridine rings is 1. The van der Waals surface area contributed by atoms with Crippen LogP contribution in [0.25, 0.3) is 5.57 Å². The second kappa shape index (κ2) is 10.6. The maximum atomic E-state index is 14.6. The Kier molecular flexibility index (Phi) is 7.04. The number of aromatic nitrogens is 2. The van der Waals surface area contributed by atoms with Crippen LogP contribution in [0.1, 0.15) is 40.8 Å². The molecule has 6 rings (SSSR count). The summed E-state index contributed by atoms with van der Waals surface area (Å²) >= 11 is 0. The van der Waals surface area contributed by atoms with Gasteiger partial charge in [-0.05, 0) is 55.8 Å². The number of carbonyl (C=O) groups excluding carboxylic acids is 2. The van der Waals surface area contributed by atoms with Crippen molar-refractivity contribution < 1.29 is 22.8 Å². The summed E-state index contributed by atoms with van der Waals surface area (Å²) < 4.78 is 45.8. The number of piperazine rings is 1. The van der Waals surface area contributed by atoms with Gasteiger partial charge in [-0.15, -0.1) is 0 Å². The zero-order chi connectivity index (χ0) is 29.6. The van der Waals surface area contributed by atoms with Crippen molar-refractivity contribution >= 4 is 23.1 Å². The molecule has 1 atom stereocenters. The highest BCUT2D eigenvalue weighted by molar-refractivity contribution is 6.07. The smallest absolute Gasteiger partial charge is 0.335 e. The molecule has 2 amide bonds. The highest BCUT2D eigenvalue weighted by Crippen LogP contribution is 2.54. The number of hydrogen-bond donors (Lipinski definition) is 0. The number of amides is 2. The third-order valence-electron chi connectivity index (χ3n) is 8.69. The van der Waals surface area contributed by atoms with Gasteiger partial charge in [-0.1, -0.05) is 42.5 Å². The minimum absolute atomic E-state index is 0.0676. The zero-order valence-electron chi connectivity index (χ0n) is 23.6. The van der Waals surface area contributed by atoms with E-state index in [-0.39, 0.29) is 30.1 Å². The molecule has 0 spiro atoms. The Morgan fingerprint density at radius 1 is 0.881 bits per heavy atom. The molecule has 0 N–H and O–H groups in total. The van der Waals surface area contributed by atoms with Gasteiger partial charge in [0.1, 0.15) is 5.69 Å². The van der Waals surface area contributed by atoms with Crippen LogP contribution in [0.15, 0.2) is 78.5 Å². The van der Waals surface area contributed by atoms with Gasteiger partial charge in [0.05, 0.1) is 29.9 Å². The summed E-state index contributed by atoms with van der Waals surface area (Å²) in [6, 6.07) is 15.5. The Bertz CT molecular complexity index is 1580. The van der Waals surface area contributed by atoms with Crippen molar-refractivity contribution in [1.82, 2.24) is 19.4 Å². The van der Waals surface area contributed by atoms with E-state index < -0.39 is 23.9 Å². The first kappa shape index (κ1) is 28.0. The van der Waals surface area contributed by atoms with E-state index in [9.17, 15) is 22.8 Å². The van der Waals surface area contributed by atoms with Crippen molar-refractivity contribution in [1.29, 1.82) is 0 Å². The van der Waals surface area contributed by atoms with Crippen molar-refractivity contribution in [3.8, 4) is 0 Å². The van der Waals surface area contributed by atoms with Crippen LogP contribution in [0.2, 0.25) is 0 Å². The first-order valence-corrected chi connectivity index (χ1v) is 14.0. The number of benzene rings is 1. The number of alkyl halides is 3. The topological polar surface area (TPSA) is 61.7 Å². The number of anilines is 1. The van der Waals surface area contributed by atoms with E-state index in [1.54, 1.807) is 54.7 Å². The first-order valence-electron chi connectivity index (χ1n) is 14.0. The molecule has 1 aliphatic carbocycles. The summed E-state index contributed by atoms with van der Waals surface area (Å²) in [7, 11) is 2.02. The molecular formula is C32H32F3N5O2. The molecule has 3 aromatic rings. The molecule has 4 heterocycles. The molecule has 3 aliphatic rings. The number of carbonyl (C=O) groups is 2. The van der Waals surface area contributed by atoms with E-state index in [1.807, 2.05) is 22.6 Å². The van der Waals surface area contributed by atoms with Gasteiger partial charge < -0.3 is 19.3 Å². The average Bonchev–Trinajstić information content (AvgIpc) is 3.29. The van der Waals surface area contributed by atoms with Gasteiger partial charge in [0.15, 0.2) is 0 Å². The molecule has 1 saturated heterocycles. The van der Waals surface area contributed by atoms with Crippen LogP contribution >= 0.6 is 0 Å². The van der Waals surface area contributed by atoms with Crippen molar-refractivity contribution in [3.05, 3.63) is 101 Å². The minimum Gasteiger partial charge on any atom is -0.335 e. The Balaban J connectivity index is 1.36. The SMILES string of the molecule is CN1CCN(C(=O)c2ccc3n2Cc2ncccc2N(C(=O)C2=CC=C(c4ccccc4)C(C)(C(F)(F)F)C2)C3)CC1. The summed E-state index contributed by atoms with van der Waals surface area (Å²) in [5.74, 6) is -0.592. The Hall–Kier alpha value is -4.18. The highest BCUT2D eigenvalue weighted by Gasteiger charge is 2.55. The van der Waals surface area contributed by atoms with Crippen LogP contribution in [0.3, 0.4) is 0 Å². The van der Waals surface area contributed by atoms with Gasteiger partial charge in [-0.3, -0.25) is 14.6 Å². The molecule has 10 heteroatoms. The van der Waals surface area contributed by atoms with Crippen molar-refractivity contribution in [2.24, 2.45) is 5.41 Å². The van der Waals surface area contributed by atoms with E-state index >= 15 is 0 Å². The van der Waals surface area contributed by atoms with Gasteiger partial charge in [-0.25, -0.2) is 0 Å². The first-order chi connectivity index (χ1) is 20.1. The monoisotopic (exact) mass is 575 g/mol. The van der Waals surface area contributed by atoms with Crippen LogP contribution in [-0.2, 0) is 17.9 Å². The lowest BCUT2D eigenvalue weighted by Gasteiger charge is -2.38. The molecule has 218 valence electrons. The lowest BCUT2D eigenvalue weighted by atomic mass is 9.70. The normalized spacial score (nSPS) is 21.2. The number of likely N-dealkylation sites (N-methyl/N-ethyl adjacent to an activating group) is 1. The maximum absolute atomic E-state index is 14.6. The number of halogens is 3. The molecule has 42 heavy (non-hydrogen) atoms. The predicted molar refractivity (Wildman–Crippen MR) is 154 cm³/mol. The third kappa shape index (κ3) is 4.83. The van der Waals surface area contributed by atoms with Crippen LogP contribution in [0, 0.1) is 5.41 Å². The largest absolute Gasteiger partial charge is 0.398 e. The summed E-state index contributed by atoms with van der Waals surface area (Å²) in [6.07, 6.45) is -0.513. The van der Waals surface area contributed by atoms with Gasteiger partial charge >= 0.3 is 6.18 Å². The summed E-state index contributed by atoms with van der Waals surface area (Å²) in [5.41, 5.74) is 0.746. The van der Waals surface area contributed by atoms with Crippen LogP contribution in [0.5, 0.6) is 0 Å². The fourth-order valence-corrected chi connectivity index (χ4v) is 6.08. The van der Waals surface area contributed by atoms with Crippen molar-refractivity contribution in [2.45, 2.75) is 32.6 Å². The molecule has 7 nitrogen and oxygen atoms in total. The van der Waals surface area contributed by atoms with Crippen molar-refractivity contribution in [3.63, 3.8) is 0 Å². The Morgan fingerprint density at radius 3 is 2.33 bits per heavy atom. The Morgan fingerprint density at radius 2 is 1.62 bits per heavy atom. The molecule has 1 unspecified atom stereocenters. The highest BCUT2D eigenvalue weighted by atomic mass is 19.4. The molecule has 1 aromatic carbocycles. The molecule has 0 bridgehead atoms. The van der Waals surface area contributed by atoms with Gasteiger partial charge in [0, 0.05) is 43.6 Å². The fraction of sp³-hybridized carbons (Fsp3) is 0.344. The standard InChI is InChI=1S/C32H32F3N5O2/c1-31(32(33,34)35)19-23(10-12-25(31)22-7-4-3-5-8-22)29(41)40-20-24-11-13-28(30(42)38-17-15-37(2)16-18-38)39(24)21-26-27(40)9-6-14-36-26/h3-14H,15-21H2,1-2H3. The number of allylic oxidation sites excluding steroid dienone is 3. The van der Waals surface area contributed by atoms with E-state index in [4.69, 9.17) is 0 Å². The lowest BCUT2D eigenvalue weighted by Crippen LogP contribution is -2.47.